The van der Waals surface area contributed by atoms with Crippen LogP contribution in [0.3, 0.4) is 0 Å². The van der Waals surface area contributed by atoms with Crippen molar-refractivity contribution < 1.29 is 4.52 Å². The molecule has 0 unspecified atom stereocenters. The van der Waals surface area contributed by atoms with Crippen molar-refractivity contribution in [2.24, 2.45) is 5.92 Å². The third kappa shape index (κ3) is 3.62. The van der Waals surface area contributed by atoms with E-state index < -0.39 is 0 Å². The lowest BCUT2D eigenvalue weighted by atomic mass is 10.0. The van der Waals surface area contributed by atoms with Crippen molar-refractivity contribution in [2.75, 3.05) is 11.5 Å². The van der Waals surface area contributed by atoms with Gasteiger partial charge in [0.2, 0.25) is 11.7 Å². The average molecular weight is 308 g/mol. The van der Waals surface area contributed by atoms with Crippen LogP contribution in [0.5, 0.6) is 0 Å². The van der Waals surface area contributed by atoms with E-state index in [1.165, 1.54) is 18.5 Å². The predicted molar refractivity (Wildman–Crippen MR) is 80.7 cm³/mol. The molecule has 1 saturated heterocycles. The molecule has 8 heteroatoms. The van der Waals surface area contributed by atoms with E-state index in [9.17, 15) is 0 Å². The van der Waals surface area contributed by atoms with E-state index in [1.807, 2.05) is 11.8 Å². The van der Waals surface area contributed by atoms with Gasteiger partial charge in [0.05, 0.1) is 6.04 Å². The number of H-pyrrole nitrogens is 1. The molecule has 3 heterocycles. The minimum absolute atomic E-state index is 0.0953. The maximum atomic E-state index is 5.44. The Balaban J connectivity index is 1.75. The quantitative estimate of drug-likeness (QED) is 0.843. The Morgan fingerprint density at radius 3 is 3.10 bits per heavy atom. The van der Waals surface area contributed by atoms with Crippen LogP contribution in [0.25, 0.3) is 11.6 Å². The Morgan fingerprint density at radius 1 is 1.52 bits per heavy atom. The molecule has 1 fully saturated rings. The van der Waals surface area contributed by atoms with E-state index in [2.05, 4.69) is 44.5 Å². The van der Waals surface area contributed by atoms with Crippen LogP contribution in [-0.4, -0.2) is 42.9 Å². The molecule has 2 atom stereocenters. The molecule has 114 valence electrons. The van der Waals surface area contributed by atoms with Crippen molar-refractivity contribution in [1.29, 1.82) is 0 Å². The average Bonchev–Trinajstić information content (AvgIpc) is 3.19. The van der Waals surface area contributed by atoms with Crippen LogP contribution in [0.1, 0.15) is 38.6 Å². The maximum absolute atomic E-state index is 5.44. The molecule has 1 aliphatic rings. The van der Waals surface area contributed by atoms with Crippen LogP contribution in [0.2, 0.25) is 0 Å². The van der Waals surface area contributed by atoms with Crippen LogP contribution in [0, 0.1) is 5.92 Å². The number of nitrogens with one attached hydrogen (secondary N) is 2. The van der Waals surface area contributed by atoms with Crippen molar-refractivity contribution in [3.63, 3.8) is 0 Å². The molecule has 2 aromatic heterocycles. The van der Waals surface area contributed by atoms with Crippen molar-refractivity contribution >= 4 is 11.8 Å². The van der Waals surface area contributed by atoms with Gasteiger partial charge >= 0.3 is 0 Å². The number of nitrogens with zero attached hydrogens (tertiary/aromatic N) is 4. The number of thioether (sulfide) groups is 1. The Kier molecular flexibility index (Phi) is 4.54. The molecule has 0 saturated carbocycles. The molecule has 1 aliphatic heterocycles. The SMILES string of the molecule is CC(C)C[C@H](N[C@@H]1CCSC1)c1nc(-c2ncn[nH]2)no1. The molecule has 3 rings (SSSR count). The van der Waals surface area contributed by atoms with Crippen molar-refractivity contribution in [3.8, 4) is 11.6 Å². The monoisotopic (exact) mass is 308 g/mol. The fraction of sp³-hybridized carbons (Fsp3) is 0.692. The Bertz CT molecular complexity index is 549. The van der Waals surface area contributed by atoms with Crippen molar-refractivity contribution in [3.05, 3.63) is 12.2 Å². The van der Waals surface area contributed by atoms with E-state index in [1.54, 1.807) is 0 Å². The first-order chi connectivity index (χ1) is 10.2. The summed E-state index contributed by atoms with van der Waals surface area (Å²) >= 11 is 1.99. The van der Waals surface area contributed by atoms with E-state index in [0.29, 0.717) is 29.5 Å². The van der Waals surface area contributed by atoms with Gasteiger partial charge in [0.15, 0.2) is 5.82 Å². The van der Waals surface area contributed by atoms with Crippen molar-refractivity contribution in [1.82, 2.24) is 30.6 Å². The Morgan fingerprint density at radius 2 is 2.43 bits per heavy atom. The highest BCUT2D eigenvalue weighted by Gasteiger charge is 2.26. The van der Waals surface area contributed by atoms with E-state index in [4.69, 9.17) is 4.52 Å². The molecule has 7 nitrogen and oxygen atoms in total. The van der Waals surface area contributed by atoms with Crippen LogP contribution in [-0.2, 0) is 0 Å². The molecule has 0 radical (unpaired) electrons. The van der Waals surface area contributed by atoms with Gasteiger partial charge in [-0.05, 0) is 24.5 Å². The molecule has 0 aromatic carbocycles. The van der Waals surface area contributed by atoms with E-state index >= 15 is 0 Å². The Hall–Kier alpha value is -1.41. The molecular weight excluding hydrogens is 288 g/mol. The fourth-order valence-electron chi connectivity index (χ4n) is 2.45. The third-order valence-corrected chi connectivity index (χ3v) is 4.60. The van der Waals surface area contributed by atoms with Gasteiger partial charge in [-0.3, -0.25) is 5.10 Å². The fourth-order valence-corrected chi connectivity index (χ4v) is 3.61. The first-order valence-electron chi connectivity index (χ1n) is 7.25. The third-order valence-electron chi connectivity index (χ3n) is 3.44. The second-order valence-corrected chi connectivity index (χ2v) is 6.85. The molecule has 0 amide bonds. The zero-order valence-corrected chi connectivity index (χ0v) is 13.1. The number of aromatic nitrogens is 5. The van der Waals surface area contributed by atoms with Gasteiger partial charge in [0.1, 0.15) is 6.33 Å². The lowest BCUT2D eigenvalue weighted by Crippen LogP contribution is -2.33. The largest absolute Gasteiger partial charge is 0.337 e. The lowest BCUT2D eigenvalue weighted by Gasteiger charge is -2.20. The summed E-state index contributed by atoms with van der Waals surface area (Å²) in [5, 5.41) is 14.2. The number of hydrogen-bond donors (Lipinski definition) is 2. The topological polar surface area (TPSA) is 92.5 Å². The summed E-state index contributed by atoms with van der Waals surface area (Å²) in [5.74, 6) is 4.55. The van der Waals surface area contributed by atoms with Gasteiger partial charge in [0.25, 0.3) is 0 Å². The second-order valence-electron chi connectivity index (χ2n) is 5.70. The molecule has 0 bridgehead atoms. The highest BCUT2D eigenvalue weighted by atomic mass is 32.2. The van der Waals surface area contributed by atoms with Crippen molar-refractivity contribution in [2.45, 2.75) is 38.8 Å². The highest BCUT2D eigenvalue weighted by Crippen LogP contribution is 2.25. The predicted octanol–water partition coefficient (Wildman–Crippen LogP) is 2.04. The zero-order valence-electron chi connectivity index (χ0n) is 12.2. The summed E-state index contributed by atoms with van der Waals surface area (Å²) in [6.07, 6.45) is 3.60. The standard InChI is InChI=1S/C13H20N6OS/c1-8(2)5-10(16-9-3-4-21-6-9)13-17-12(19-20-13)11-14-7-15-18-11/h7-10,16H,3-6H2,1-2H3,(H,14,15,18)/t9-,10+/m1/s1. The second kappa shape index (κ2) is 6.57. The van der Waals surface area contributed by atoms with Crippen LogP contribution in [0.15, 0.2) is 10.9 Å². The normalized spacial score (nSPS) is 20.2. The van der Waals surface area contributed by atoms with Gasteiger partial charge in [0, 0.05) is 11.8 Å². The zero-order chi connectivity index (χ0) is 14.7. The molecule has 2 N–H and O–H groups in total. The summed E-state index contributed by atoms with van der Waals surface area (Å²) in [6, 6.07) is 0.622. The molecule has 0 spiro atoms. The van der Waals surface area contributed by atoms with Gasteiger partial charge in [-0.15, -0.1) is 0 Å². The van der Waals surface area contributed by atoms with Gasteiger partial charge < -0.3 is 9.84 Å². The minimum atomic E-state index is 0.0953. The lowest BCUT2D eigenvalue weighted by molar-refractivity contribution is 0.290. The van der Waals surface area contributed by atoms with E-state index in [-0.39, 0.29) is 6.04 Å². The summed E-state index contributed by atoms with van der Waals surface area (Å²) in [4.78, 5) is 8.52. The van der Waals surface area contributed by atoms with E-state index in [0.717, 1.165) is 12.2 Å². The first-order valence-corrected chi connectivity index (χ1v) is 8.41. The molecular formula is C13H20N6OS. The molecule has 0 aliphatic carbocycles. The molecule has 21 heavy (non-hydrogen) atoms. The Labute approximate surface area is 127 Å². The number of hydrogen-bond acceptors (Lipinski definition) is 7. The number of aromatic amines is 1. The smallest absolute Gasteiger partial charge is 0.244 e. The van der Waals surface area contributed by atoms with Gasteiger partial charge in [-0.25, -0.2) is 4.98 Å². The summed E-state index contributed by atoms with van der Waals surface area (Å²) in [6.45, 7) is 4.40. The summed E-state index contributed by atoms with van der Waals surface area (Å²) < 4.78 is 5.44. The first kappa shape index (κ1) is 14.5. The number of rotatable bonds is 6. The van der Waals surface area contributed by atoms with Crippen LogP contribution >= 0.6 is 11.8 Å². The summed E-state index contributed by atoms with van der Waals surface area (Å²) in [7, 11) is 0. The van der Waals surface area contributed by atoms with Crippen LogP contribution < -0.4 is 5.32 Å². The van der Waals surface area contributed by atoms with Crippen LogP contribution in [0.4, 0.5) is 0 Å². The van der Waals surface area contributed by atoms with Gasteiger partial charge in [-0.1, -0.05) is 19.0 Å². The van der Waals surface area contributed by atoms with Gasteiger partial charge in [-0.2, -0.15) is 21.8 Å². The highest BCUT2D eigenvalue weighted by molar-refractivity contribution is 7.99. The maximum Gasteiger partial charge on any atom is 0.244 e. The summed E-state index contributed by atoms with van der Waals surface area (Å²) in [5.41, 5.74) is 0. The molecule has 2 aromatic rings. The minimum Gasteiger partial charge on any atom is -0.337 e.